The number of benzene rings is 1. The van der Waals surface area contributed by atoms with Crippen molar-refractivity contribution in [3.05, 3.63) is 27.4 Å². The summed E-state index contributed by atoms with van der Waals surface area (Å²) in [6, 6.07) is 3.09. The molecule has 0 aromatic heterocycles. The van der Waals surface area contributed by atoms with Crippen LogP contribution in [-0.4, -0.2) is 19.1 Å². The Morgan fingerprint density at radius 3 is 2.93 bits per heavy atom. The molecule has 82 valence electrons. The van der Waals surface area contributed by atoms with Crippen LogP contribution in [0.2, 0.25) is 5.02 Å². The second-order valence-electron chi connectivity index (χ2n) is 3.58. The van der Waals surface area contributed by atoms with Crippen molar-refractivity contribution in [3.63, 3.8) is 0 Å². The molecule has 0 bridgehead atoms. The Morgan fingerprint density at radius 2 is 2.33 bits per heavy atom. The first kappa shape index (κ1) is 11.2. The number of anilines is 1. The smallest absolute Gasteiger partial charge is 0.125 e. The molecule has 1 fully saturated rings. The van der Waals surface area contributed by atoms with E-state index in [4.69, 9.17) is 11.6 Å². The zero-order valence-electron chi connectivity index (χ0n) is 7.99. The van der Waals surface area contributed by atoms with E-state index in [1.165, 1.54) is 12.1 Å². The highest BCUT2D eigenvalue weighted by Gasteiger charge is 2.17. The fourth-order valence-electron chi connectivity index (χ4n) is 1.66. The molecule has 0 spiro atoms. The lowest BCUT2D eigenvalue weighted by Gasteiger charge is -2.15. The van der Waals surface area contributed by atoms with Crippen molar-refractivity contribution < 1.29 is 4.39 Å². The van der Waals surface area contributed by atoms with Gasteiger partial charge in [0.05, 0.1) is 10.7 Å². The maximum Gasteiger partial charge on any atom is 0.125 e. The molecule has 1 atom stereocenters. The van der Waals surface area contributed by atoms with Gasteiger partial charge in [0.25, 0.3) is 0 Å². The highest BCUT2D eigenvalue weighted by atomic mass is 79.9. The monoisotopic (exact) mass is 292 g/mol. The quantitative estimate of drug-likeness (QED) is 0.876. The van der Waals surface area contributed by atoms with Gasteiger partial charge in [0.1, 0.15) is 5.82 Å². The molecule has 0 amide bonds. The summed E-state index contributed by atoms with van der Waals surface area (Å²) in [6.45, 7) is 1.92. The Labute approximate surface area is 101 Å². The van der Waals surface area contributed by atoms with Gasteiger partial charge in [0.15, 0.2) is 0 Å². The van der Waals surface area contributed by atoms with E-state index >= 15 is 0 Å². The van der Waals surface area contributed by atoms with Crippen LogP contribution in [0.15, 0.2) is 16.6 Å². The summed E-state index contributed by atoms with van der Waals surface area (Å²) in [5, 5.41) is 6.96. The van der Waals surface area contributed by atoms with Crippen molar-refractivity contribution in [3.8, 4) is 0 Å². The molecule has 1 aliphatic heterocycles. The molecule has 0 saturated carbocycles. The van der Waals surface area contributed by atoms with E-state index in [1.807, 2.05) is 0 Å². The van der Waals surface area contributed by atoms with Crippen molar-refractivity contribution >= 4 is 33.2 Å². The SMILES string of the molecule is Fc1cc(Cl)c(NC2CCNC2)c(Br)c1. The standard InChI is InChI=1S/C10H11BrClFN2/c11-8-3-6(13)4-9(12)10(8)15-7-1-2-14-5-7/h3-4,7,14-15H,1-2,5H2. The van der Waals surface area contributed by atoms with Crippen LogP contribution < -0.4 is 10.6 Å². The van der Waals surface area contributed by atoms with Gasteiger partial charge in [-0.2, -0.15) is 0 Å². The van der Waals surface area contributed by atoms with E-state index in [1.54, 1.807) is 0 Å². The maximum atomic E-state index is 13.0. The fraction of sp³-hybridized carbons (Fsp3) is 0.400. The molecule has 2 N–H and O–H groups in total. The lowest BCUT2D eigenvalue weighted by atomic mass is 10.2. The summed E-state index contributed by atoms with van der Waals surface area (Å²) in [4.78, 5) is 0. The zero-order valence-corrected chi connectivity index (χ0v) is 10.3. The van der Waals surface area contributed by atoms with E-state index in [2.05, 4.69) is 26.6 Å². The number of hydrogen-bond donors (Lipinski definition) is 2. The third-order valence-corrected chi connectivity index (χ3v) is 3.34. The van der Waals surface area contributed by atoms with Crippen LogP contribution in [0.5, 0.6) is 0 Å². The predicted octanol–water partition coefficient (Wildman–Crippen LogP) is 3.02. The van der Waals surface area contributed by atoms with E-state index in [9.17, 15) is 4.39 Å². The minimum atomic E-state index is -0.332. The molecule has 15 heavy (non-hydrogen) atoms. The summed E-state index contributed by atoms with van der Waals surface area (Å²) < 4.78 is 13.6. The lowest BCUT2D eigenvalue weighted by molar-refractivity contribution is 0.627. The van der Waals surface area contributed by atoms with Gasteiger partial charge < -0.3 is 10.6 Å². The molecule has 1 aromatic carbocycles. The maximum absolute atomic E-state index is 13.0. The van der Waals surface area contributed by atoms with Gasteiger partial charge in [-0.15, -0.1) is 0 Å². The topological polar surface area (TPSA) is 24.1 Å². The van der Waals surface area contributed by atoms with Gasteiger partial charge in [0.2, 0.25) is 0 Å². The van der Waals surface area contributed by atoms with Gasteiger partial charge in [-0.25, -0.2) is 4.39 Å². The Balaban J connectivity index is 2.19. The van der Waals surface area contributed by atoms with Crippen LogP contribution in [0.4, 0.5) is 10.1 Å². The molecular formula is C10H11BrClFN2. The van der Waals surface area contributed by atoms with Crippen molar-refractivity contribution in [1.29, 1.82) is 0 Å². The molecule has 1 heterocycles. The number of hydrogen-bond acceptors (Lipinski definition) is 2. The second-order valence-corrected chi connectivity index (χ2v) is 4.84. The van der Waals surface area contributed by atoms with Gasteiger partial charge in [-0.1, -0.05) is 11.6 Å². The van der Waals surface area contributed by atoms with Gasteiger partial charge in [-0.3, -0.25) is 0 Å². The Kier molecular flexibility index (Phi) is 3.49. The van der Waals surface area contributed by atoms with Gasteiger partial charge >= 0.3 is 0 Å². The van der Waals surface area contributed by atoms with Crippen LogP contribution in [0.3, 0.4) is 0 Å². The largest absolute Gasteiger partial charge is 0.379 e. The molecule has 1 unspecified atom stereocenters. The van der Waals surface area contributed by atoms with Crippen molar-refractivity contribution in [2.24, 2.45) is 0 Å². The number of nitrogens with one attached hydrogen (secondary N) is 2. The Bertz CT molecular complexity index is 343. The molecule has 0 aliphatic carbocycles. The van der Waals surface area contributed by atoms with E-state index < -0.39 is 0 Å². The van der Waals surface area contributed by atoms with Crippen LogP contribution >= 0.6 is 27.5 Å². The minimum absolute atomic E-state index is 0.332. The van der Waals surface area contributed by atoms with Crippen LogP contribution in [0.1, 0.15) is 6.42 Å². The first-order chi connectivity index (χ1) is 7.16. The average molecular weight is 294 g/mol. The van der Waals surface area contributed by atoms with Crippen LogP contribution in [0.25, 0.3) is 0 Å². The third-order valence-electron chi connectivity index (χ3n) is 2.42. The summed E-state index contributed by atoms with van der Waals surface area (Å²) in [7, 11) is 0. The second kappa shape index (κ2) is 4.68. The van der Waals surface area contributed by atoms with Crippen LogP contribution in [0, 0.1) is 5.82 Å². The number of halogens is 3. The molecule has 1 aromatic rings. The third kappa shape index (κ3) is 2.62. The Hall–Kier alpha value is -0.320. The molecule has 2 nitrogen and oxygen atoms in total. The first-order valence-electron chi connectivity index (χ1n) is 4.78. The lowest BCUT2D eigenvalue weighted by Crippen LogP contribution is -2.22. The van der Waals surface area contributed by atoms with Crippen molar-refractivity contribution in [2.45, 2.75) is 12.5 Å². The van der Waals surface area contributed by atoms with E-state index in [0.29, 0.717) is 15.5 Å². The molecule has 2 rings (SSSR count). The molecular weight excluding hydrogens is 282 g/mol. The van der Waals surface area contributed by atoms with E-state index in [-0.39, 0.29) is 5.82 Å². The summed E-state index contributed by atoms with van der Waals surface area (Å²) >= 11 is 9.26. The van der Waals surface area contributed by atoms with Crippen molar-refractivity contribution in [2.75, 3.05) is 18.4 Å². The van der Waals surface area contributed by atoms with Crippen LogP contribution in [-0.2, 0) is 0 Å². The summed E-state index contributed by atoms with van der Waals surface area (Å²) in [5.41, 5.74) is 0.770. The highest BCUT2D eigenvalue weighted by molar-refractivity contribution is 9.10. The predicted molar refractivity (Wildman–Crippen MR) is 64.0 cm³/mol. The van der Waals surface area contributed by atoms with Gasteiger partial charge in [0, 0.05) is 17.1 Å². The average Bonchev–Trinajstić information content (AvgIpc) is 2.63. The molecule has 1 saturated heterocycles. The molecule has 0 radical (unpaired) electrons. The molecule has 1 aliphatic rings. The van der Waals surface area contributed by atoms with E-state index in [0.717, 1.165) is 25.2 Å². The minimum Gasteiger partial charge on any atom is -0.379 e. The zero-order chi connectivity index (χ0) is 10.8. The number of rotatable bonds is 2. The normalized spacial score (nSPS) is 20.6. The highest BCUT2D eigenvalue weighted by Crippen LogP contribution is 2.32. The fourth-order valence-corrected chi connectivity index (χ4v) is 2.58. The van der Waals surface area contributed by atoms with Crippen molar-refractivity contribution in [1.82, 2.24) is 5.32 Å². The molecule has 5 heteroatoms. The first-order valence-corrected chi connectivity index (χ1v) is 5.95. The Morgan fingerprint density at radius 1 is 1.53 bits per heavy atom. The van der Waals surface area contributed by atoms with Gasteiger partial charge in [-0.05, 0) is 41.0 Å². The summed E-state index contributed by atoms with van der Waals surface area (Å²) in [6.07, 6.45) is 1.06. The summed E-state index contributed by atoms with van der Waals surface area (Å²) in [5.74, 6) is -0.332.